The minimum absolute atomic E-state index is 0.0777. The van der Waals surface area contributed by atoms with Crippen LogP contribution in [0, 0.1) is 0 Å². The first-order valence-corrected chi connectivity index (χ1v) is 11.0. The van der Waals surface area contributed by atoms with Crippen LogP contribution in [-0.2, 0) is 16.1 Å². The Morgan fingerprint density at radius 2 is 1.73 bits per heavy atom. The van der Waals surface area contributed by atoms with E-state index in [0.29, 0.717) is 43.5 Å². The maximum Gasteiger partial charge on any atom is 0.317 e. The molecule has 0 saturated carbocycles. The Morgan fingerprint density at radius 3 is 2.45 bits per heavy atom. The first-order valence-electron chi connectivity index (χ1n) is 11.0. The number of fused-ring (bicyclic) bond motifs is 1. The van der Waals surface area contributed by atoms with Crippen molar-refractivity contribution in [1.29, 1.82) is 0 Å². The molecule has 1 aliphatic heterocycles. The molecular weight excluding hydrogens is 424 g/mol. The molecular formula is C24H30N4O5. The van der Waals surface area contributed by atoms with E-state index in [-0.39, 0.29) is 37.4 Å². The zero-order valence-corrected chi connectivity index (χ0v) is 19.0. The van der Waals surface area contributed by atoms with Gasteiger partial charge in [0.1, 0.15) is 13.2 Å². The Hall–Kier alpha value is -3.75. The number of amides is 4. The molecule has 0 saturated heterocycles. The van der Waals surface area contributed by atoms with Crippen LogP contribution in [0.15, 0.2) is 48.5 Å². The van der Waals surface area contributed by atoms with E-state index in [1.54, 1.807) is 30.1 Å². The van der Waals surface area contributed by atoms with Crippen LogP contribution in [0.4, 0.5) is 10.5 Å². The number of carbonyl (C=O) groups excluding carboxylic acids is 3. The highest BCUT2D eigenvalue weighted by Crippen LogP contribution is 2.32. The molecule has 33 heavy (non-hydrogen) atoms. The van der Waals surface area contributed by atoms with E-state index in [4.69, 9.17) is 9.47 Å². The topological polar surface area (TPSA) is 100 Å². The van der Waals surface area contributed by atoms with Crippen LogP contribution >= 0.6 is 0 Å². The number of ether oxygens (including phenoxy) is 2. The van der Waals surface area contributed by atoms with Gasteiger partial charge in [-0.05, 0) is 24.6 Å². The summed E-state index contributed by atoms with van der Waals surface area (Å²) in [5.74, 6) is 0.700. The lowest BCUT2D eigenvalue weighted by molar-refractivity contribution is -0.134. The van der Waals surface area contributed by atoms with E-state index < -0.39 is 0 Å². The zero-order valence-electron chi connectivity index (χ0n) is 19.0. The molecule has 9 heteroatoms. The third kappa shape index (κ3) is 7.13. The lowest BCUT2D eigenvalue weighted by Gasteiger charge is -2.22. The van der Waals surface area contributed by atoms with Crippen LogP contribution in [0.3, 0.4) is 0 Å². The summed E-state index contributed by atoms with van der Waals surface area (Å²) >= 11 is 0. The van der Waals surface area contributed by atoms with Gasteiger partial charge in [0, 0.05) is 44.9 Å². The summed E-state index contributed by atoms with van der Waals surface area (Å²) < 4.78 is 11.0. The quantitative estimate of drug-likeness (QED) is 0.606. The Balaban J connectivity index is 1.41. The van der Waals surface area contributed by atoms with Gasteiger partial charge in [0.05, 0.1) is 6.54 Å². The van der Waals surface area contributed by atoms with Crippen molar-refractivity contribution >= 4 is 23.5 Å². The number of nitrogens with zero attached hydrogens (tertiary/aromatic N) is 2. The first kappa shape index (κ1) is 23.9. The van der Waals surface area contributed by atoms with Crippen molar-refractivity contribution in [2.45, 2.75) is 19.9 Å². The normalized spacial score (nSPS) is 11.9. The van der Waals surface area contributed by atoms with Gasteiger partial charge in [0.15, 0.2) is 11.5 Å². The molecule has 0 unspecified atom stereocenters. The molecule has 0 aliphatic carbocycles. The molecule has 2 aromatic carbocycles. The average molecular weight is 455 g/mol. The minimum Gasteiger partial charge on any atom is -0.486 e. The van der Waals surface area contributed by atoms with E-state index in [0.717, 1.165) is 5.56 Å². The molecule has 1 aliphatic rings. The van der Waals surface area contributed by atoms with Crippen LogP contribution in [0.25, 0.3) is 0 Å². The van der Waals surface area contributed by atoms with Crippen molar-refractivity contribution < 1.29 is 23.9 Å². The Kier molecular flexibility index (Phi) is 8.51. The summed E-state index contributed by atoms with van der Waals surface area (Å²) in [7, 11) is 1.70. The smallest absolute Gasteiger partial charge is 0.317 e. The molecule has 0 spiro atoms. The number of anilines is 1. The number of hydrogen-bond acceptors (Lipinski definition) is 5. The molecule has 0 bridgehead atoms. The second kappa shape index (κ2) is 11.8. The predicted molar refractivity (Wildman–Crippen MR) is 124 cm³/mol. The van der Waals surface area contributed by atoms with Gasteiger partial charge in [0.25, 0.3) is 0 Å². The first-order chi connectivity index (χ1) is 16.0. The number of rotatable bonds is 9. The number of benzene rings is 2. The monoisotopic (exact) mass is 454 g/mol. The molecule has 0 radical (unpaired) electrons. The van der Waals surface area contributed by atoms with E-state index in [1.807, 2.05) is 37.3 Å². The van der Waals surface area contributed by atoms with Gasteiger partial charge < -0.3 is 29.9 Å². The number of likely N-dealkylation sites (N-methyl/N-ethyl adjacent to an activating group) is 1. The SMILES string of the molecule is CCN(CC(=O)Nc1ccc2c(c1)OCCO2)C(=O)CCNC(=O)N(C)Cc1ccccc1. The van der Waals surface area contributed by atoms with Gasteiger partial charge in [-0.25, -0.2) is 4.79 Å². The predicted octanol–water partition coefficient (Wildman–Crippen LogP) is 2.48. The minimum atomic E-state index is -0.312. The van der Waals surface area contributed by atoms with Crippen LogP contribution in [0.2, 0.25) is 0 Å². The maximum atomic E-state index is 12.5. The molecule has 3 rings (SSSR count). The summed E-state index contributed by atoms with van der Waals surface area (Å²) in [6, 6.07) is 14.6. The second-order valence-electron chi connectivity index (χ2n) is 7.64. The molecule has 4 amide bonds. The Morgan fingerprint density at radius 1 is 1.00 bits per heavy atom. The van der Waals surface area contributed by atoms with E-state index >= 15 is 0 Å². The summed E-state index contributed by atoms with van der Waals surface area (Å²) in [6.07, 6.45) is 0.107. The number of hydrogen-bond donors (Lipinski definition) is 2. The standard InChI is InChI=1S/C24H30N4O5/c1-3-28(17-22(29)26-19-9-10-20-21(15-19)33-14-13-32-20)23(30)11-12-25-24(31)27(2)16-18-7-5-4-6-8-18/h4-10,15H,3,11-14,16-17H2,1-2H3,(H,25,31)(H,26,29). The van der Waals surface area contributed by atoms with Crippen molar-refractivity contribution in [3.8, 4) is 11.5 Å². The summed E-state index contributed by atoms with van der Waals surface area (Å²) in [6.45, 7) is 3.73. The fourth-order valence-corrected chi connectivity index (χ4v) is 3.37. The second-order valence-corrected chi connectivity index (χ2v) is 7.64. The van der Waals surface area contributed by atoms with Crippen molar-refractivity contribution in [1.82, 2.24) is 15.1 Å². The summed E-state index contributed by atoms with van der Waals surface area (Å²) in [5.41, 5.74) is 1.59. The van der Waals surface area contributed by atoms with Gasteiger partial charge >= 0.3 is 6.03 Å². The molecule has 0 fully saturated rings. The van der Waals surface area contributed by atoms with Crippen LogP contribution in [0.1, 0.15) is 18.9 Å². The summed E-state index contributed by atoms with van der Waals surface area (Å²) in [5, 5.41) is 5.53. The molecule has 2 N–H and O–H groups in total. The highest BCUT2D eigenvalue weighted by molar-refractivity contribution is 5.94. The molecule has 0 atom stereocenters. The molecule has 9 nitrogen and oxygen atoms in total. The van der Waals surface area contributed by atoms with E-state index in [1.165, 1.54) is 4.90 Å². The van der Waals surface area contributed by atoms with E-state index in [9.17, 15) is 14.4 Å². The lowest BCUT2D eigenvalue weighted by atomic mass is 10.2. The van der Waals surface area contributed by atoms with Crippen molar-refractivity contribution in [3.63, 3.8) is 0 Å². The third-order valence-electron chi connectivity index (χ3n) is 5.12. The van der Waals surface area contributed by atoms with Gasteiger partial charge in [0.2, 0.25) is 11.8 Å². The number of nitrogens with one attached hydrogen (secondary N) is 2. The van der Waals surface area contributed by atoms with Crippen LogP contribution in [-0.4, -0.2) is 67.5 Å². The van der Waals surface area contributed by atoms with Crippen molar-refractivity contribution in [3.05, 3.63) is 54.1 Å². The zero-order chi connectivity index (χ0) is 23.6. The largest absolute Gasteiger partial charge is 0.486 e. The molecule has 176 valence electrons. The Bertz CT molecular complexity index is 967. The maximum absolute atomic E-state index is 12.5. The van der Waals surface area contributed by atoms with Gasteiger partial charge in [-0.3, -0.25) is 9.59 Å². The lowest BCUT2D eigenvalue weighted by Crippen LogP contribution is -2.41. The highest BCUT2D eigenvalue weighted by Gasteiger charge is 2.18. The van der Waals surface area contributed by atoms with Crippen molar-refractivity contribution in [2.75, 3.05) is 45.2 Å². The molecule has 1 heterocycles. The van der Waals surface area contributed by atoms with Gasteiger partial charge in [-0.15, -0.1) is 0 Å². The van der Waals surface area contributed by atoms with E-state index in [2.05, 4.69) is 10.6 Å². The number of carbonyl (C=O) groups is 3. The Labute approximate surface area is 193 Å². The number of urea groups is 1. The fraction of sp³-hybridized carbons (Fsp3) is 0.375. The van der Waals surface area contributed by atoms with Crippen molar-refractivity contribution in [2.24, 2.45) is 0 Å². The van der Waals surface area contributed by atoms with Crippen LogP contribution < -0.4 is 20.1 Å². The van der Waals surface area contributed by atoms with Gasteiger partial charge in [-0.1, -0.05) is 30.3 Å². The summed E-state index contributed by atoms with van der Waals surface area (Å²) in [4.78, 5) is 40.2. The average Bonchev–Trinajstić information content (AvgIpc) is 2.82. The fourth-order valence-electron chi connectivity index (χ4n) is 3.37. The highest BCUT2D eigenvalue weighted by atomic mass is 16.6. The molecule has 2 aromatic rings. The van der Waals surface area contributed by atoms with Gasteiger partial charge in [-0.2, -0.15) is 0 Å². The molecule has 0 aromatic heterocycles. The third-order valence-corrected chi connectivity index (χ3v) is 5.12. The van der Waals surface area contributed by atoms with Crippen LogP contribution in [0.5, 0.6) is 11.5 Å².